The van der Waals surface area contributed by atoms with Crippen LogP contribution >= 0.6 is 23.2 Å². The van der Waals surface area contributed by atoms with E-state index in [4.69, 9.17) is 28.9 Å². The van der Waals surface area contributed by atoms with Gasteiger partial charge in [-0.25, -0.2) is 0 Å². The van der Waals surface area contributed by atoms with Gasteiger partial charge in [-0.15, -0.1) is 5.10 Å². The first-order chi connectivity index (χ1) is 10.1. The minimum Gasteiger partial charge on any atom is -0.398 e. The maximum absolute atomic E-state index is 6.05. The van der Waals surface area contributed by atoms with Gasteiger partial charge >= 0.3 is 0 Å². The van der Waals surface area contributed by atoms with Crippen LogP contribution in [-0.2, 0) is 0 Å². The quantitative estimate of drug-likeness (QED) is 0.733. The van der Waals surface area contributed by atoms with Crippen LogP contribution in [0.3, 0.4) is 0 Å². The Hall–Kier alpha value is -2.11. The minimum atomic E-state index is 0.438. The van der Waals surface area contributed by atoms with Gasteiger partial charge in [0.2, 0.25) is 0 Å². The minimum absolute atomic E-state index is 0.438. The van der Waals surface area contributed by atoms with Crippen LogP contribution in [0.15, 0.2) is 36.4 Å². The molecular weight excluding hydrogens is 309 g/mol. The molecule has 2 aromatic carbocycles. The van der Waals surface area contributed by atoms with Gasteiger partial charge in [0.1, 0.15) is 0 Å². The lowest BCUT2D eigenvalue weighted by Crippen LogP contribution is -2.02. The fraction of sp³-hybridized carbons (Fsp3) is 0.0714. The molecule has 0 atom stereocenters. The molecule has 0 saturated carbocycles. The summed E-state index contributed by atoms with van der Waals surface area (Å²) in [7, 11) is 0. The number of nitrogens with zero attached hydrogens (tertiary/aromatic N) is 4. The van der Waals surface area contributed by atoms with E-state index >= 15 is 0 Å². The molecule has 0 saturated heterocycles. The number of nitrogens with two attached hydrogens (primary N) is 1. The molecular formula is C14H11Cl2N5. The zero-order valence-corrected chi connectivity index (χ0v) is 12.6. The van der Waals surface area contributed by atoms with Gasteiger partial charge in [0.25, 0.3) is 0 Å². The number of benzene rings is 2. The van der Waals surface area contributed by atoms with Crippen molar-refractivity contribution in [3.63, 3.8) is 0 Å². The summed E-state index contributed by atoms with van der Waals surface area (Å²) in [6, 6.07) is 10.9. The number of rotatable bonds is 2. The van der Waals surface area contributed by atoms with E-state index in [0.717, 1.165) is 11.1 Å². The molecule has 0 aliphatic rings. The third kappa shape index (κ3) is 2.57. The molecule has 3 aromatic rings. The summed E-state index contributed by atoms with van der Waals surface area (Å²) in [5.74, 6) is 0.551. The average Bonchev–Trinajstić information content (AvgIpc) is 2.93. The first-order valence-electron chi connectivity index (χ1n) is 6.16. The number of nitrogen functional groups attached to an aromatic ring is 1. The lowest BCUT2D eigenvalue weighted by molar-refractivity contribution is 0.791. The average molecular weight is 320 g/mol. The van der Waals surface area contributed by atoms with Crippen molar-refractivity contribution in [3.8, 4) is 17.1 Å². The van der Waals surface area contributed by atoms with Crippen LogP contribution in [0.1, 0.15) is 5.56 Å². The fourth-order valence-corrected chi connectivity index (χ4v) is 2.30. The first-order valence-corrected chi connectivity index (χ1v) is 6.92. The van der Waals surface area contributed by atoms with Crippen LogP contribution in [0.25, 0.3) is 17.1 Å². The number of tetrazole rings is 1. The maximum Gasteiger partial charge on any atom is 0.189 e. The second-order valence-corrected chi connectivity index (χ2v) is 5.42. The van der Waals surface area contributed by atoms with E-state index in [2.05, 4.69) is 15.5 Å². The van der Waals surface area contributed by atoms with E-state index in [1.165, 1.54) is 0 Å². The highest BCUT2D eigenvalue weighted by Crippen LogP contribution is 2.29. The second-order valence-electron chi connectivity index (χ2n) is 4.60. The number of anilines is 1. The maximum atomic E-state index is 6.05. The molecule has 0 spiro atoms. The Labute approximate surface area is 131 Å². The Kier molecular flexibility index (Phi) is 3.53. The number of halogens is 2. The van der Waals surface area contributed by atoms with E-state index in [1.54, 1.807) is 22.9 Å². The van der Waals surface area contributed by atoms with E-state index in [-0.39, 0.29) is 0 Å². The third-order valence-electron chi connectivity index (χ3n) is 3.07. The molecule has 3 rings (SSSR count). The Balaban J connectivity index is 2.17. The Bertz CT molecular complexity index is 813. The van der Waals surface area contributed by atoms with Crippen LogP contribution in [0.5, 0.6) is 0 Å². The molecule has 0 aliphatic heterocycles. The third-order valence-corrected chi connectivity index (χ3v) is 3.81. The molecule has 21 heavy (non-hydrogen) atoms. The summed E-state index contributed by atoms with van der Waals surface area (Å²) in [6.07, 6.45) is 0. The van der Waals surface area contributed by atoms with Crippen molar-refractivity contribution >= 4 is 28.9 Å². The van der Waals surface area contributed by atoms with Crippen LogP contribution in [0.2, 0.25) is 10.0 Å². The smallest absolute Gasteiger partial charge is 0.189 e. The van der Waals surface area contributed by atoms with Gasteiger partial charge in [-0.05, 0) is 47.7 Å². The first kappa shape index (κ1) is 13.9. The van der Waals surface area contributed by atoms with Gasteiger partial charge < -0.3 is 5.73 Å². The van der Waals surface area contributed by atoms with Crippen molar-refractivity contribution in [3.05, 3.63) is 52.0 Å². The van der Waals surface area contributed by atoms with Gasteiger partial charge in [0, 0.05) is 11.3 Å². The van der Waals surface area contributed by atoms with Crippen molar-refractivity contribution in [2.75, 3.05) is 5.73 Å². The number of aromatic nitrogens is 4. The van der Waals surface area contributed by atoms with E-state index in [9.17, 15) is 0 Å². The standard InChI is InChI=1S/C14H11Cl2N5/c1-8-2-5-13(17)10(6-8)14-18-19-20-21(14)9-3-4-11(15)12(16)7-9/h2-7H,17H2,1H3. The zero-order valence-electron chi connectivity index (χ0n) is 11.1. The fourth-order valence-electron chi connectivity index (χ4n) is 2.01. The van der Waals surface area contributed by atoms with Crippen LogP contribution in [0.4, 0.5) is 5.69 Å². The van der Waals surface area contributed by atoms with Gasteiger partial charge in [-0.2, -0.15) is 4.68 Å². The number of hydrogen-bond donors (Lipinski definition) is 1. The van der Waals surface area contributed by atoms with Crippen molar-refractivity contribution in [1.29, 1.82) is 0 Å². The topological polar surface area (TPSA) is 69.6 Å². The van der Waals surface area contributed by atoms with Crippen molar-refractivity contribution in [2.45, 2.75) is 6.92 Å². The molecule has 0 fully saturated rings. The highest BCUT2D eigenvalue weighted by atomic mass is 35.5. The number of aryl methyl sites for hydroxylation is 1. The molecule has 0 aliphatic carbocycles. The SMILES string of the molecule is Cc1ccc(N)c(-c2nnnn2-c2ccc(Cl)c(Cl)c2)c1. The lowest BCUT2D eigenvalue weighted by atomic mass is 10.1. The molecule has 1 heterocycles. The van der Waals surface area contributed by atoms with Crippen LogP contribution in [-0.4, -0.2) is 20.2 Å². The molecule has 0 unspecified atom stereocenters. The lowest BCUT2D eigenvalue weighted by Gasteiger charge is -2.08. The molecule has 106 valence electrons. The van der Waals surface area contributed by atoms with E-state index in [1.807, 2.05) is 25.1 Å². The van der Waals surface area contributed by atoms with Crippen LogP contribution in [0, 0.1) is 6.92 Å². The highest BCUT2D eigenvalue weighted by molar-refractivity contribution is 6.42. The molecule has 7 heteroatoms. The summed E-state index contributed by atoms with van der Waals surface area (Å²) in [5, 5.41) is 12.7. The zero-order chi connectivity index (χ0) is 15.0. The largest absolute Gasteiger partial charge is 0.398 e. The summed E-state index contributed by atoms with van der Waals surface area (Å²) in [6.45, 7) is 1.98. The highest BCUT2D eigenvalue weighted by Gasteiger charge is 2.14. The normalized spacial score (nSPS) is 10.8. The monoisotopic (exact) mass is 319 g/mol. The molecule has 0 radical (unpaired) electrons. The summed E-state index contributed by atoms with van der Waals surface area (Å²) in [4.78, 5) is 0. The Morgan fingerprint density at radius 1 is 1.05 bits per heavy atom. The van der Waals surface area contributed by atoms with Gasteiger partial charge in [-0.3, -0.25) is 0 Å². The van der Waals surface area contributed by atoms with E-state index < -0.39 is 0 Å². The molecule has 1 aromatic heterocycles. The summed E-state index contributed by atoms with van der Waals surface area (Å²) < 4.78 is 1.58. The van der Waals surface area contributed by atoms with Gasteiger partial charge in [-0.1, -0.05) is 34.8 Å². The molecule has 2 N–H and O–H groups in total. The Morgan fingerprint density at radius 3 is 2.62 bits per heavy atom. The van der Waals surface area contributed by atoms with Crippen molar-refractivity contribution < 1.29 is 0 Å². The predicted octanol–water partition coefficient (Wildman–Crippen LogP) is 3.53. The summed E-state index contributed by atoms with van der Waals surface area (Å²) >= 11 is 12.0. The molecule has 0 bridgehead atoms. The number of hydrogen-bond acceptors (Lipinski definition) is 4. The summed E-state index contributed by atoms with van der Waals surface area (Å²) in [5.41, 5.74) is 9.19. The molecule has 5 nitrogen and oxygen atoms in total. The molecule has 0 amide bonds. The van der Waals surface area contributed by atoms with Crippen molar-refractivity contribution in [1.82, 2.24) is 20.2 Å². The van der Waals surface area contributed by atoms with Gasteiger partial charge in [0.15, 0.2) is 5.82 Å². The van der Waals surface area contributed by atoms with E-state index in [0.29, 0.717) is 27.2 Å². The van der Waals surface area contributed by atoms with Crippen LogP contribution < -0.4 is 5.73 Å². The second kappa shape index (κ2) is 5.35. The van der Waals surface area contributed by atoms with Crippen molar-refractivity contribution in [2.24, 2.45) is 0 Å². The predicted molar refractivity (Wildman–Crippen MR) is 83.8 cm³/mol. The Morgan fingerprint density at radius 2 is 1.86 bits per heavy atom. The van der Waals surface area contributed by atoms with Gasteiger partial charge in [0.05, 0.1) is 15.7 Å².